The number of aromatic nitrogens is 1. The Morgan fingerprint density at radius 3 is 2.76 bits per heavy atom. The third-order valence-corrected chi connectivity index (χ3v) is 4.56. The Balaban J connectivity index is 1.57. The highest BCUT2D eigenvalue weighted by molar-refractivity contribution is 6.03. The van der Waals surface area contributed by atoms with Crippen LogP contribution in [0.1, 0.15) is 56.0 Å². The van der Waals surface area contributed by atoms with E-state index in [1.54, 1.807) is 25.3 Å². The molecule has 0 radical (unpaired) electrons. The van der Waals surface area contributed by atoms with Crippen LogP contribution in [0.25, 0.3) is 0 Å². The largest absolute Gasteiger partial charge is 0.469 e. The van der Waals surface area contributed by atoms with E-state index in [0.717, 1.165) is 11.5 Å². The maximum atomic E-state index is 12.6. The van der Waals surface area contributed by atoms with Gasteiger partial charge < -0.3 is 18.6 Å². The second-order valence-electron chi connectivity index (χ2n) is 6.18. The van der Waals surface area contributed by atoms with E-state index in [2.05, 4.69) is 4.98 Å². The summed E-state index contributed by atoms with van der Waals surface area (Å²) in [5.41, 5.74) is 2.33. The van der Waals surface area contributed by atoms with Crippen LogP contribution in [0, 0.1) is 6.92 Å². The summed E-state index contributed by atoms with van der Waals surface area (Å²) in [6.45, 7) is 1.82. The number of hydrogen-bond acceptors (Lipinski definition) is 5. The zero-order valence-electron chi connectivity index (χ0n) is 13.7. The number of hydrogen-bond donors (Lipinski definition) is 1. The number of esters is 1. The average Bonchev–Trinajstić information content (AvgIpc) is 3.34. The predicted octanol–water partition coefficient (Wildman–Crippen LogP) is 3.78. The number of Topliss-reactive ketones (excluding diaryl/α,β-unsaturated/α-hetero) is 1. The van der Waals surface area contributed by atoms with Gasteiger partial charge in [-0.25, -0.2) is 4.79 Å². The number of ether oxygens (including phenoxy) is 1. The molecular weight excluding hydrogens is 322 g/mol. The van der Waals surface area contributed by atoms with Crippen LogP contribution in [0.15, 0.2) is 45.6 Å². The number of rotatable bonds is 4. The Kier molecular flexibility index (Phi) is 3.80. The van der Waals surface area contributed by atoms with Gasteiger partial charge in [-0.2, -0.15) is 0 Å². The monoisotopic (exact) mass is 339 g/mol. The van der Waals surface area contributed by atoms with Crippen LogP contribution in [0.3, 0.4) is 0 Å². The van der Waals surface area contributed by atoms with Gasteiger partial charge in [-0.3, -0.25) is 4.79 Å². The summed E-state index contributed by atoms with van der Waals surface area (Å²) in [4.78, 5) is 28.0. The molecule has 6 heteroatoms. The van der Waals surface area contributed by atoms with Gasteiger partial charge in [-0.1, -0.05) is 0 Å². The Bertz CT molecular complexity index is 902. The standard InChI is InChI=1S/C19H17NO5/c1-11-17-14(8-12(9-15(17)21)16-5-3-7-24-16)20-18(11)19(22)25-10-13-4-2-6-23-13/h2-7,12,20H,8-10H2,1H3. The third kappa shape index (κ3) is 2.80. The highest BCUT2D eigenvalue weighted by atomic mass is 16.5. The molecule has 1 atom stereocenters. The average molecular weight is 339 g/mol. The van der Waals surface area contributed by atoms with Crippen molar-refractivity contribution < 1.29 is 23.2 Å². The molecule has 1 N–H and O–H groups in total. The first-order valence-corrected chi connectivity index (χ1v) is 8.11. The fraction of sp³-hybridized carbons (Fsp3) is 0.263. The number of carbonyl (C=O) groups excluding carboxylic acids is 2. The molecule has 0 amide bonds. The number of furan rings is 2. The van der Waals surface area contributed by atoms with Gasteiger partial charge >= 0.3 is 5.97 Å². The molecule has 3 aromatic rings. The van der Waals surface area contributed by atoms with Crippen molar-refractivity contribution >= 4 is 11.8 Å². The Morgan fingerprint density at radius 1 is 1.24 bits per heavy atom. The lowest BCUT2D eigenvalue weighted by Crippen LogP contribution is -2.18. The quantitative estimate of drug-likeness (QED) is 0.731. The lowest BCUT2D eigenvalue weighted by molar-refractivity contribution is 0.0438. The summed E-state index contributed by atoms with van der Waals surface area (Å²) < 4.78 is 15.9. The zero-order chi connectivity index (χ0) is 17.4. The molecule has 0 spiro atoms. The van der Waals surface area contributed by atoms with Gasteiger partial charge in [0.15, 0.2) is 5.78 Å². The SMILES string of the molecule is Cc1c(C(=O)OCc2ccco2)[nH]c2c1C(=O)CC(c1ccco1)C2. The number of carbonyl (C=O) groups is 2. The number of H-pyrrole nitrogens is 1. The summed E-state index contributed by atoms with van der Waals surface area (Å²) in [6, 6.07) is 7.15. The minimum absolute atomic E-state index is 0.0139. The summed E-state index contributed by atoms with van der Waals surface area (Å²) in [5.74, 6) is 0.858. The molecule has 0 saturated heterocycles. The van der Waals surface area contributed by atoms with Crippen molar-refractivity contribution in [2.75, 3.05) is 0 Å². The molecule has 1 unspecified atom stereocenters. The topological polar surface area (TPSA) is 85.4 Å². The summed E-state index contributed by atoms with van der Waals surface area (Å²) >= 11 is 0. The minimum atomic E-state index is -0.495. The second kappa shape index (κ2) is 6.12. The molecule has 1 aliphatic rings. The van der Waals surface area contributed by atoms with E-state index in [9.17, 15) is 9.59 Å². The van der Waals surface area contributed by atoms with Crippen LogP contribution in [0.2, 0.25) is 0 Å². The van der Waals surface area contributed by atoms with E-state index in [-0.39, 0.29) is 18.3 Å². The fourth-order valence-electron chi connectivity index (χ4n) is 3.37. The number of ketones is 1. The van der Waals surface area contributed by atoms with Crippen molar-refractivity contribution in [3.8, 4) is 0 Å². The van der Waals surface area contributed by atoms with Crippen LogP contribution in [-0.4, -0.2) is 16.7 Å². The smallest absolute Gasteiger partial charge is 0.355 e. The number of nitrogens with one attached hydrogen (secondary N) is 1. The van der Waals surface area contributed by atoms with Crippen molar-refractivity contribution in [1.82, 2.24) is 4.98 Å². The van der Waals surface area contributed by atoms with Crippen molar-refractivity contribution in [2.45, 2.75) is 32.3 Å². The third-order valence-electron chi connectivity index (χ3n) is 4.56. The van der Waals surface area contributed by atoms with Crippen LogP contribution >= 0.6 is 0 Å². The molecule has 6 nitrogen and oxygen atoms in total. The van der Waals surface area contributed by atoms with Crippen LogP contribution in [-0.2, 0) is 17.8 Å². The minimum Gasteiger partial charge on any atom is -0.469 e. The number of aromatic amines is 1. The molecule has 3 aromatic heterocycles. The van der Waals surface area contributed by atoms with Crippen molar-refractivity contribution in [3.63, 3.8) is 0 Å². The first-order chi connectivity index (χ1) is 12.1. The molecular formula is C19H17NO5. The maximum absolute atomic E-state index is 12.6. The molecule has 0 bridgehead atoms. The summed E-state index contributed by atoms with van der Waals surface area (Å²) in [7, 11) is 0. The fourth-order valence-corrected chi connectivity index (χ4v) is 3.37. The predicted molar refractivity (Wildman–Crippen MR) is 87.5 cm³/mol. The van der Waals surface area contributed by atoms with Crippen LogP contribution in [0.5, 0.6) is 0 Å². The zero-order valence-corrected chi connectivity index (χ0v) is 13.7. The van der Waals surface area contributed by atoms with E-state index in [1.807, 2.05) is 12.1 Å². The maximum Gasteiger partial charge on any atom is 0.355 e. The molecule has 0 aliphatic heterocycles. The van der Waals surface area contributed by atoms with E-state index in [1.165, 1.54) is 6.26 Å². The van der Waals surface area contributed by atoms with Gasteiger partial charge in [0.1, 0.15) is 23.8 Å². The van der Waals surface area contributed by atoms with E-state index >= 15 is 0 Å². The van der Waals surface area contributed by atoms with Gasteiger partial charge in [0.05, 0.1) is 12.5 Å². The molecule has 4 rings (SSSR count). The first-order valence-electron chi connectivity index (χ1n) is 8.11. The van der Waals surface area contributed by atoms with Gasteiger partial charge in [0.2, 0.25) is 0 Å². The Labute approximate surface area is 143 Å². The molecule has 25 heavy (non-hydrogen) atoms. The van der Waals surface area contributed by atoms with Gasteiger partial charge in [-0.15, -0.1) is 0 Å². The lowest BCUT2D eigenvalue weighted by atomic mass is 9.84. The van der Waals surface area contributed by atoms with Crippen LogP contribution in [0.4, 0.5) is 0 Å². The second-order valence-corrected chi connectivity index (χ2v) is 6.18. The molecule has 0 aromatic carbocycles. The molecule has 0 saturated carbocycles. The lowest BCUT2D eigenvalue weighted by Gasteiger charge is -2.19. The van der Waals surface area contributed by atoms with E-state index < -0.39 is 5.97 Å². The van der Waals surface area contributed by atoms with Crippen molar-refractivity contribution in [2.24, 2.45) is 0 Å². The Hall–Kier alpha value is -3.02. The summed E-state index contributed by atoms with van der Waals surface area (Å²) in [6.07, 6.45) is 4.13. The van der Waals surface area contributed by atoms with Gasteiger partial charge in [0, 0.05) is 23.6 Å². The van der Waals surface area contributed by atoms with Crippen LogP contribution < -0.4 is 0 Å². The molecule has 0 fully saturated rings. The highest BCUT2D eigenvalue weighted by Gasteiger charge is 2.33. The van der Waals surface area contributed by atoms with Crippen molar-refractivity contribution in [3.05, 3.63) is 70.8 Å². The molecule has 1 aliphatic carbocycles. The highest BCUT2D eigenvalue weighted by Crippen LogP contribution is 2.35. The Morgan fingerprint density at radius 2 is 2.04 bits per heavy atom. The normalized spacial score (nSPS) is 16.7. The van der Waals surface area contributed by atoms with Gasteiger partial charge in [0.25, 0.3) is 0 Å². The van der Waals surface area contributed by atoms with Crippen molar-refractivity contribution in [1.29, 1.82) is 0 Å². The number of fused-ring (bicyclic) bond motifs is 1. The van der Waals surface area contributed by atoms with E-state index in [4.69, 9.17) is 13.6 Å². The van der Waals surface area contributed by atoms with Gasteiger partial charge in [-0.05, 0) is 43.2 Å². The van der Waals surface area contributed by atoms with E-state index in [0.29, 0.717) is 35.4 Å². The first kappa shape index (κ1) is 15.5. The summed E-state index contributed by atoms with van der Waals surface area (Å²) in [5, 5.41) is 0. The molecule has 3 heterocycles. The molecule has 128 valence electrons.